The van der Waals surface area contributed by atoms with Crippen molar-refractivity contribution in [3.8, 4) is 6.07 Å². The Kier molecular flexibility index (Phi) is 3.53. The van der Waals surface area contributed by atoms with Gasteiger partial charge in [-0.2, -0.15) is 10.4 Å². The molecule has 0 atom stereocenters. The van der Waals surface area contributed by atoms with E-state index in [0.717, 1.165) is 31.7 Å². The van der Waals surface area contributed by atoms with Crippen LogP contribution < -0.4 is 0 Å². The molecule has 1 aromatic heterocycles. The van der Waals surface area contributed by atoms with Gasteiger partial charge in [-0.3, -0.25) is 9.58 Å². The smallest absolute Gasteiger partial charge is 0.0991 e. The number of nitriles is 1. The van der Waals surface area contributed by atoms with Crippen molar-refractivity contribution in [2.75, 3.05) is 13.1 Å². The van der Waals surface area contributed by atoms with Crippen LogP contribution in [0.5, 0.6) is 0 Å². The lowest BCUT2D eigenvalue weighted by Gasteiger charge is -2.39. The number of aromatic nitrogens is 2. The number of likely N-dealkylation sites (tertiary alicyclic amines) is 1. The van der Waals surface area contributed by atoms with Crippen LogP contribution in [0.15, 0.2) is 36.7 Å². The Labute approximate surface area is 119 Å². The summed E-state index contributed by atoms with van der Waals surface area (Å²) in [5, 5.41) is 13.2. The topological polar surface area (TPSA) is 44.9 Å². The van der Waals surface area contributed by atoms with E-state index in [1.165, 1.54) is 11.1 Å². The minimum Gasteiger partial charge on any atom is -0.298 e. The van der Waals surface area contributed by atoms with Crippen LogP contribution in [0.25, 0.3) is 0 Å². The van der Waals surface area contributed by atoms with Crippen molar-refractivity contribution >= 4 is 0 Å². The standard InChI is InChI=1S/C16H18N4/c1-13-7-18-20(8-13)12-16-10-19(11-16)9-15-4-2-3-14(5-15)6-17/h2-5,7-8,16H,9-12H2,1H3. The molecule has 4 nitrogen and oxygen atoms in total. The van der Waals surface area contributed by atoms with Crippen molar-refractivity contribution in [3.63, 3.8) is 0 Å². The maximum absolute atomic E-state index is 8.90. The number of aryl methyl sites for hydroxylation is 1. The Bertz CT molecular complexity index is 632. The summed E-state index contributed by atoms with van der Waals surface area (Å²) in [6, 6.07) is 10.1. The number of nitrogens with zero attached hydrogens (tertiary/aromatic N) is 4. The molecule has 0 bridgehead atoms. The van der Waals surface area contributed by atoms with Gasteiger partial charge in [0.15, 0.2) is 0 Å². The molecular weight excluding hydrogens is 248 g/mol. The van der Waals surface area contributed by atoms with Gasteiger partial charge in [0.05, 0.1) is 17.8 Å². The van der Waals surface area contributed by atoms with Gasteiger partial charge in [-0.25, -0.2) is 0 Å². The second-order valence-electron chi connectivity index (χ2n) is 5.61. The highest BCUT2D eigenvalue weighted by atomic mass is 15.3. The second kappa shape index (κ2) is 5.48. The van der Waals surface area contributed by atoms with Crippen molar-refractivity contribution in [2.24, 2.45) is 5.92 Å². The third kappa shape index (κ3) is 2.89. The van der Waals surface area contributed by atoms with E-state index in [2.05, 4.69) is 35.3 Å². The van der Waals surface area contributed by atoms with Crippen LogP contribution in [0.2, 0.25) is 0 Å². The summed E-state index contributed by atoms with van der Waals surface area (Å²) in [5.74, 6) is 0.688. The van der Waals surface area contributed by atoms with E-state index in [1.54, 1.807) is 0 Å². The van der Waals surface area contributed by atoms with Crippen LogP contribution in [-0.2, 0) is 13.1 Å². The fraction of sp³-hybridized carbons (Fsp3) is 0.375. The molecule has 1 fully saturated rings. The van der Waals surface area contributed by atoms with E-state index in [4.69, 9.17) is 5.26 Å². The average Bonchev–Trinajstić information content (AvgIpc) is 2.82. The molecule has 1 aliphatic heterocycles. The quantitative estimate of drug-likeness (QED) is 0.852. The first kappa shape index (κ1) is 12.9. The molecule has 102 valence electrons. The van der Waals surface area contributed by atoms with Crippen LogP contribution >= 0.6 is 0 Å². The monoisotopic (exact) mass is 266 g/mol. The van der Waals surface area contributed by atoms with Crippen molar-refractivity contribution in [1.29, 1.82) is 5.26 Å². The number of rotatable bonds is 4. The summed E-state index contributed by atoms with van der Waals surface area (Å²) in [6.07, 6.45) is 4.00. The van der Waals surface area contributed by atoms with Gasteiger partial charge in [0.25, 0.3) is 0 Å². The minimum absolute atomic E-state index is 0.688. The van der Waals surface area contributed by atoms with E-state index in [-0.39, 0.29) is 0 Å². The zero-order valence-electron chi connectivity index (χ0n) is 11.7. The van der Waals surface area contributed by atoms with Gasteiger partial charge in [0.2, 0.25) is 0 Å². The Morgan fingerprint density at radius 2 is 2.25 bits per heavy atom. The molecule has 0 unspecified atom stereocenters. The van der Waals surface area contributed by atoms with Gasteiger partial charge < -0.3 is 0 Å². The summed E-state index contributed by atoms with van der Waals surface area (Å²) in [6.45, 7) is 6.22. The molecule has 3 rings (SSSR count). The lowest BCUT2D eigenvalue weighted by molar-refractivity contribution is 0.0778. The number of hydrogen-bond donors (Lipinski definition) is 0. The summed E-state index contributed by atoms with van der Waals surface area (Å²) in [5.41, 5.74) is 3.18. The third-order valence-electron chi connectivity index (χ3n) is 3.70. The van der Waals surface area contributed by atoms with Crippen molar-refractivity contribution in [1.82, 2.24) is 14.7 Å². The van der Waals surface area contributed by atoms with Gasteiger partial charge in [0, 0.05) is 38.3 Å². The zero-order chi connectivity index (χ0) is 13.9. The largest absolute Gasteiger partial charge is 0.298 e. The van der Waals surface area contributed by atoms with Crippen molar-refractivity contribution in [3.05, 3.63) is 53.3 Å². The maximum atomic E-state index is 8.90. The van der Waals surface area contributed by atoms with E-state index >= 15 is 0 Å². The van der Waals surface area contributed by atoms with Crippen molar-refractivity contribution < 1.29 is 0 Å². The highest BCUT2D eigenvalue weighted by molar-refractivity contribution is 5.32. The van der Waals surface area contributed by atoms with Crippen LogP contribution in [0, 0.1) is 24.2 Å². The predicted octanol–water partition coefficient (Wildman–Crippen LogP) is 2.20. The molecule has 1 aliphatic rings. The van der Waals surface area contributed by atoms with Gasteiger partial charge in [-0.1, -0.05) is 12.1 Å². The molecule has 1 aromatic carbocycles. The highest BCUT2D eigenvalue weighted by Gasteiger charge is 2.26. The molecule has 2 aromatic rings. The third-order valence-corrected chi connectivity index (χ3v) is 3.70. The van der Waals surface area contributed by atoms with Gasteiger partial charge in [-0.15, -0.1) is 0 Å². The summed E-state index contributed by atoms with van der Waals surface area (Å²) in [4.78, 5) is 2.41. The molecule has 20 heavy (non-hydrogen) atoms. The fourth-order valence-corrected chi connectivity index (χ4v) is 2.75. The van der Waals surface area contributed by atoms with Gasteiger partial charge >= 0.3 is 0 Å². The molecule has 2 heterocycles. The minimum atomic E-state index is 0.688. The molecule has 0 saturated carbocycles. The normalized spacial score (nSPS) is 15.8. The fourth-order valence-electron chi connectivity index (χ4n) is 2.75. The molecule has 0 amide bonds. The lowest BCUT2D eigenvalue weighted by atomic mass is 9.99. The van der Waals surface area contributed by atoms with Crippen LogP contribution in [-0.4, -0.2) is 27.8 Å². The number of benzene rings is 1. The predicted molar refractivity (Wildman–Crippen MR) is 76.9 cm³/mol. The maximum Gasteiger partial charge on any atom is 0.0991 e. The van der Waals surface area contributed by atoms with Crippen LogP contribution in [0.1, 0.15) is 16.7 Å². The Morgan fingerprint density at radius 1 is 1.40 bits per heavy atom. The Hall–Kier alpha value is -2.12. The van der Waals surface area contributed by atoms with E-state index in [9.17, 15) is 0 Å². The van der Waals surface area contributed by atoms with E-state index in [1.807, 2.05) is 29.1 Å². The molecule has 0 N–H and O–H groups in total. The molecule has 0 aliphatic carbocycles. The van der Waals surface area contributed by atoms with E-state index < -0.39 is 0 Å². The molecule has 4 heteroatoms. The average molecular weight is 266 g/mol. The van der Waals surface area contributed by atoms with Crippen LogP contribution in [0.3, 0.4) is 0 Å². The van der Waals surface area contributed by atoms with Crippen molar-refractivity contribution in [2.45, 2.75) is 20.0 Å². The Morgan fingerprint density at radius 3 is 2.95 bits per heavy atom. The SMILES string of the molecule is Cc1cnn(CC2CN(Cc3cccc(C#N)c3)C2)c1. The van der Waals surface area contributed by atoms with Gasteiger partial charge in [0.1, 0.15) is 0 Å². The highest BCUT2D eigenvalue weighted by Crippen LogP contribution is 2.20. The summed E-state index contributed by atoms with van der Waals surface area (Å²) >= 11 is 0. The molecule has 0 radical (unpaired) electrons. The molecule has 1 saturated heterocycles. The lowest BCUT2D eigenvalue weighted by Crippen LogP contribution is -2.47. The molecule has 0 spiro atoms. The number of hydrogen-bond acceptors (Lipinski definition) is 3. The molecular formula is C16H18N4. The first-order valence-electron chi connectivity index (χ1n) is 6.93. The zero-order valence-corrected chi connectivity index (χ0v) is 11.7. The van der Waals surface area contributed by atoms with E-state index in [0.29, 0.717) is 5.92 Å². The first-order valence-corrected chi connectivity index (χ1v) is 6.93. The first-order chi connectivity index (χ1) is 9.72. The Balaban J connectivity index is 1.49. The second-order valence-corrected chi connectivity index (χ2v) is 5.61. The van der Waals surface area contributed by atoms with Crippen LogP contribution in [0.4, 0.5) is 0 Å². The summed E-state index contributed by atoms with van der Waals surface area (Å²) in [7, 11) is 0. The van der Waals surface area contributed by atoms with Gasteiger partial charge in [-0.05, 0) is 30.2 Å². The summed E-state index contributed by atoms with van der Waals surface area (Å²) < 4.78 is 2.04.